The fourth-order valence-corrected chi connectivity index (χ4v) is 2.07. The third kappa shape index (κ3) is 3.30. The summed E-state index contributed by atoms with van der Waals surface area (Å²) in [5.74, 6) is 0. The Kier molecular flexibility index (Phi) is 3.59. The van der Waals surface area contributed by atoms with E-state index in [4.69, 9.17) is 4.74 Å². The second-order valence-corrected chi connectivity index (χ2v) is 4.75. The predicted octanol–water partition coefficient (Wildman–Crippen LogP) is 1.27. The molecular formula is C13H19NO2. The Morgan fingerprint density at radius 3 is 2.88 bits per heavy atom. The number of aliphatic hydroxyl groups is 1. The fraction of sp³-hybridized carbons (Fsp3) is 0.538. The fourth-order valence-electron chi connectivity index (χ4n) is 2.07. The Bertz CT molecular complexity index is 324. The summed E-state index contributed by atoms with van der Waals surface area (Å²) in [5, 5.41) is 10.0. The maximum Gasteiger partial charge on any atom is 0.0978 e. The number of ether oxygens (including phenoxy) is 1. The van der Waals surface area contributed by atoms with Crippen molar-refractivity contribution in [3.8, 4) is 0 Å². The maximum atomic E-state index is 10.0. The molecule has 2 rings (SSSR count). The van der Waals surface area contributed by atoms with E-state index in [0.717, 1.165) is 13.1 Å². The number of nitrogens with zero attached hydrogens (tertiary/aromatic N) is 1. The molecule has 16 heavy (non-hydrogen) atoms. The monoisotopic (exact) mass is 221 g/mol. The Morgan fingerprint density at radius 2 is 2.12 bits per heavy atom. The van der Waals surface area contributed by atoms with Gasteiger partial charge in [-0.05, 0) is 12.5 Å². The highest BCUT2D eigenvalue weighted by molar-refractivity contribution is 5.14. The summed E-state index contributed by atoms with van der Waals surface area (Å²) in [6, 6.07) is 10.3. The summed E-state index contributed by atoms with van der Waals surface area (Å²) < 4.78 is 5.39. The first-order valence-corrected chi connectivity index (χ1v) is 5.72. The standard InChI is InChI=1S/C13H19NO2/c1-13(15)10-14(7-8-16-11-13)9-12-5-3-2-4-6-12/h2-6,15H,7-11H2,1H3/t13-/m1/s1. The molecule has 1 atom stereocenters. The highest BCUT2D eigenvalue weighted by Gasteiger charge is 2.27. The van der Waals surface area contributed by atoms with Crippen LogP contribution >= 0.6 is 0 Å². The normalized spacial score (nSPS) is 27.6. The second kappa shape index (κ2) is 4.95. The van der Waals surface area contributed by atoms with Crippen LogP contribution in [0.1, 0.15) is 12.5 Å². The van der Waals surface area contributed by atoms with Gasteiger partial charge in [-0.2, -0.15) is 0 Å². The first kappa shape index (κ1) is 11.6. The minimum Gasteiger partial charge on any atom is -0.386 e. The zero-order valence-electron chi connectivity index (χ0n) is 9.72. The van der Waals surface area contributed by atoms with Gasteiger partial charge in [0.25, 0.3) is 0 Å². The van der Waals surface area contributed by atoms with E-state index in [9.17, 15) is 5.11 Å². The Labute approximate surface area is 96.6 Å². The molecule has 3 heteroatoms. The molecule has 0 aliphatic carbocycles. The number of benzene rings is 1. The molecule has 3 nitrogen and oxygen atoms in total. The average Bonchev–Trinajstić information content (AvgIpc) is 2.40. The number of hydrogen-bond donors (Lipinski definition) is 1. The quantitative estimate of drug-likeness (QED) is 0.816. The summed E-state index contributed by atoms with van der Waals surface area (Å²) in [4.78, 5) is 2.24. The summed E-state index contributed by atoms with van der Waals surface area (Å²) in [6.45, 7) is 5.38. The molecule has 88 valence electrons. The van der Waals surface area contributed by atoms with Gasteiger partial charge < -0.3 is 9.84 Å². The molecular weight excluding hydrogens is 202 g/mol. The molecule has 0 aromatic heterocycles. The van der Waals surface area contributed by atoms with Gasteiger partial charge in [-0.15, -0.1) is 0 Å². The first-order valence-electron chi connectivity index (χ1n) is 5.72. The van der Waals surface area contributed by atoms with Gasteiger partial charge >= 0.3 is 0 Å². The van der Waals surface area contributed by atoms with Crippen molar-refractivity contribution in [1.29, 1.82) is 0 Å². The van der Waals surface area contributed by atoms with Crippen LogP contribution in [0.2, 0.25) is 0 Å². The van der Waals surface area contributed by atoms with Crippen molar-refractivity contribution in [3.63, 3.8) is 0 Å². The molecule has 0 amide bonds. The summed E-state index contributed by atoms with van der Waals surface area (Å²) in [6.07, 6.45) is 0. The number of β-amino-alcohol motifs (C(OH)–C–C–N with tert-alkyl or cyclic N) is 1. The van der Waals surface area contributed by atoms with Crippen LogP contribution < -0.4 is 0 Å². The van der Waals surface area contributed by atoms with Crippen molar-refractivity contribution in [2.45, 2.75) is 19.1 Å². The molecule has 0 unspecified atom stereocenters. The van der Waals surface area contributed by atoms with Crippen molar-refractivity contribution < 1.29 is 9.84 Å². The van der Waals surface area contributed by atoms with Crippen molar-refractivity contribution in [3.05, 3.63) is 35.9 Å². The predicted molar refractivity (Wildman–Crippen MR) is 63.2 cm³/mol. The van der Waals surface area contributed by atoms with Crippen molar-refractivity contribution in [2.24, 2.45) is 0 Å². The smallest absolute Gasteiger partial charge is 0.0978 e. The van der Waals surface area contributed by atoms with E-state index in [2.05, 4.69) is 17.0 Å². The lowest BCUT2D eigenvalue weighted by molar-refractivity contribution is -0.0225. The van der Waals surface area contributed by atoms with Crippen LogP contribution in [0.15, 0.2) is 30.3 Å². The lowest BCUT2D eigenvalue weighted by Gasteiger charge is -2.27. The summed E-state index contributed by atoms with van der Waals surface area (Å²) in [5.41, 5.74) is 0.547. The largest absolute Gasteiger partial charge is 0.386 e. The van der Waals surface area contributed by atoms with Crippen LogP contribution in [0.5, 0.6) is 0 Å². The lowest BCUT2D eigenvalue weighted by atomic mass is 10.1. The van der Waals surface area contributed by atoms with Crippen LogP contribution in [-0.4, -0.2) is 41.9 Å². The number of rotatable bonds is 2. The second-order valence-electron chi connectivity index (χ2n) is 4.75. The Balaban J connectivity index is 1.98. The highest BCUT2D eigenvalue weighted by atomic mass is 16.5. The zero-order chi connectivity index (χ0) is 11.4. The van der Waals surface area contributed by atoms with Gasteiger partial charge in [0.2, 0.25) is 0 Å². The van der Waals surface area contributed by atoms with Gasteiger partial charge in [0.05, 0.1) is 18.8 Å². The lowest BCUT2D eigenvalue weighted by Crippen LogP contribution is -2.41. The van der Waals surface area contributed by atoms with Gasteiger partial charge in [-0.1, -0.05) is 30.3 Å². The molecule has 1 heterocycles. The highest BCUT2D eigenvalue weighted by Crippen LogP contribution is 2.14. The van der Waals surface area contributed by atoms with E-state index in [1.54, 1.807) is 0 Å². The molecule has 1 aromatic rings. The number of hydrogen-bond acceptors (Lipinski definition) is 3. The van der Waals surface area contributed by atoms with Crippen LogP contribution in [0, 0.1) is 0 Å². The van der Waals surface area contributed by atoms with E-state index in [-0.39, 0.29) is 0 Å². The van der Waals surface area contributed by atoms with Crippen molar-refractivity contribution in [1.82, 2.24) is 4.90 Å². The minimum atomic E-state index is -0.731. The molecule has 0 bridgehead atoms. The molecule has 1 fully saturated rings. The zero-order valence-corrected chi connectivity index (χ0v) is 9.72. The maximum absolute atomic E-state index is 10.0. The molecule has 0 saturated carbocycles. The van der Waals surface area contributed by atoms with Crippen LogP contribution in [0.4, 0.5) is 0 Å². The van der Waals surface area contributed by atoms with Gasteiger partial charge in [-0.3, -0.25) is 4.90 Å². The van der Waals surface area contributed by atoms with Gasteiger partial charge in [0.1, 0.15) is 0 Å². The van der Waals surface area contributed by atoms with E-state index in [0.29, 0.717) is 19.8 Å². The van der Waals surface area contributed by atoms with Crippen LogP contribution in [0.25, 0.3) is 0 Å². The van der Waals surface area contributed by atoms with Gasteiger partial charge in [0.15, 0.2) is 0 Å². The van der Waals surface area contributed by atoms with Crippen LogP contribution in [0.3, 0.4) is 0 Å². The first-order chi connectivity index (χ1) is 7.66. The SMILES string of the molecule is C[C@]1(O)COCCN(Cc2ccccc2)C1. The van der Waals surface area contributed by atoms with E-state index in [1.807, 2.05) is 25.1 Å². The summed E-state index contributed by atoms with van der Waals surface area (Å²) >= 11 is 0. The molecule has 0 spiro atoms. The van der Waals surface area contributed by atoms with Gasteiger partial charge in [-0.25, -0.2) is 0 Å². The average molecular weight is 221 g/mol. The third-order valence-corrected chi connectivity index (χ3v) is 2.78. The third-order valence-electron chi connectivity index (χ3n) is 2.78. The molecule has 1 N–H and O–H groups in total. The molecule has 1 aromatic carbocycles. The van der Waals surface area contributed by atoms with E-state index < -0.39 is 5.60 Å². The van der Waals surface area contributed by atoms with Crippen molar-refractivity contribution in [2.75, 3.05) is 26.3 Å². The Hall–Kier alpha value is -0.900. The Morgan fingerprint density at radius 1 is 1.38 bits per heavy atom. The van der Waals surface area contributed by atoms with Gasteiger partial charge in [0, 0.05) is 19.6 Å². The molecule has 1 aliphatic heterocycles. The van der Waals surface area contributed by atoms with E-state index in [1.165, 1.54) is 5.56 Å². The molecule has 1 aliphatic rings. The molecule has 0 radical (unpaired) electrons. The minimum absolute atomic E-state index is 0.429. The topological polar surface area (TPSA) is 32.7 Å². The van der Waals surface area contributed by atoms with Crippen LogP contribution in [-0.2, 0) is 11.3 Å². The molecule has 1 saturated heterocycles. The van der Waals surface area contributed by atoms with E-state index >= 15 is 0 Å². The summed E-state index contributed by atoms with van der Waals surface area (Å²) in [7, 11) is 0. The van der Waals surface area contributed by atoms with Crippen molar-refractivity contribution >= 4 is 0 Å².